The largest absolute Gasteiger partial charge is 0.0657 e. The van der Waals surface area contributed by atoms with Gasteiger partial charge in [0.15, 0.2) is 0 Å². The Balaban J connectivity index is 4.55. The lowest BCUT2D eigenvalue weighted by atomic mass is 10.3. The van der Waals surface area contributed by atoms with E-state index >= 15 is 0 Å². The van der Waals surface area contributed by atoms with Gasteiger partial charge < -0.3 is 0 Å². The second-order valence-corrected chi connectivity index (χ2v) is 11.0. The molecule has 0 N–H and O–H groups in total. The lowest BCUT2D eigenvalue weighted by Crippen LogP contribution is -2.36. The number of hydrogen-bond acceptors (Lipinski definition) is 0. The molecular formula is C14H32Si. The number of hydrogen-bond donors (Lipinski definition) is 0. The molecule has 0 aliphatic rings. The molecule has 0 spiro atoms. The second-order valence-electron chi connectivity index (χ2n) is 6.20. The highest BCUT2D eigenvalue weighted by atomic mass is 28.3. The number of rotatable bonds is 8. The Labute approximate surface area is 98.9 Å². The predicted octanol–water partition coefficient (Wildman–Crippen LogP) is 5.57. The van der Waals surface area contributed by atoms with Crippen LogP contribution in [0.5, 0.6) is 0 Å². The van der Waals surface area contributed by atoms with Gasteiger partial charge in [0.1, 0.15) is 0 Å². The van der Waals surface area contributed by atoms with Crippen LogP contribution in [0.3, 0.4) is 0 Å². The van der Waals surface area contributed by atoms with E-state index in [0.717, 1.165) is 11.8 Å². The van der Waals surface area contributed by atoms with E-state index in [1.165, 1.54) is 12.8 Å². The fraction of sp³-hybridized carbons (Fsp3) is 1.00. The maximum Gasteiger partial charge on any atom is 0.0540 e. The molecule has 0 saturated carbocycles. The summed E-state index contributed by atoms with van der Waals surface area (Å²) in [6.07, 6.45) is 2.82. The third kappa shape index (κ3) is 6.39. The van der Waals surface area contributed by atoms with Crippen molar-refractivity contribution in [2.45, 2.75) is 78.6 Å². The molecule has 0 amide bonds. The summed E-state index contributed by atoms with van der Waals surface area (Å²) in [6, 6.07) is 6.26. The van der Waals surface area contributed by atoms with Gasteiger partial charge in [-0.15, -0.1) is 0 Å². The van der Waals surface area contributed by atoms with Crippen LogP contribution in [-0.2, 0) is 0 Å². The summed E-state index contributed by atoms with van der Waals surface area (Å²) in [5, 5.41) is 0. The molecule has 15 heavy (non-hydrogen) atoms. The van der Waals surface area contributed by atoms with Crippen LogP contribution in [0.25, 0.3) is 0 Å². The van der Waals surface area contributed by atoms with E-state index in [0.29, 0.717) is 0 Å². The van der Waals surface area contributed by atoms with Gasteiger partial charge in [0.2, 0.25) is 0 Å². The van der Waals surface area contributed by atoms with Crippen molar-refractivity contribution in [3.63, 3.8) is 0 Å². The molecule has 0 nitrogen and oxygen atoms in total. The molecule has 0 aromatic carbocycles. The summed E-state index contributed by atoms with van der Waals surface area (Å²) in [6.45, 7) is 14.4. The molecule has 0 aliphatic carbocycles. The Kier molecular flexibility index (Phi) is 7.59. The molecule has 0 bridgehead atoms. The maximum atomic E-state index is 2.41. The van der Waals surface area contributed by atoms with Crippen molar-refractivity contribution < 1.29 is 0 Å². The minimum absolute atomic E-state index is 0.911. The van der Waals surface area contributed by atoms with E-state index in [4.69, 9.17) is 0 Å². The summed E-state index contributed by atoms with van der Waals surface area (Å²) >= 11 is 0. The smallest absolute Gasteiger partial charge is 0.0540 e. The first-order valence-electron chi connectivity index (χ1n) is 6.95. The van der Waals surface area contributed by atoms with Crippen molar-refractivity contribution in [1.82, 2.24) is 0 Å². The first-order valence-corrected chi connectivity index (χ1v) is 9.78. The molecule has 0 aliphatic heterocycles. The van der Waals surface area contributed by atoms with Crippen molar-refractivity contribution in [1.29, 1.82) is 0 Å². The first kappa shape index (κ1) is 15.2. The van der Waals surface area contributed by atoms with Gasteiger partial charge in [0, 0.05) is 0 Å². The van der Waals surface area contributed by atoms with Crippen molar-refractivity contribution in [3.8, 4) is 0 Å². The van der Waals surface area contributed by atoms with Gasteiger partial charge in [-0.3, -0.25) is 0 Å². The highest BCUT2D eigenvalue weighted by Crippen LogP contribution is 2.34. The summed E-state index contributed by atoms with van der Waals surface area (Å²) in [5.41, 5.74) is 0. The van der Waals surface area contributed by atoms with E-state index in [1.54, 1.807) is 24.2 Å². The van der Waals surface area contributed by atoms with Crippen LogP contribution in [0.2, 0.25) is 24.2 Å². The molecule has 0 rings (SSSR count). The molecular weight excluding hydrogens is 196 g/mol. The maximum absolute atomic E-state index is 2.41. The van der Waals surface area contributed by atoms with Crippen molar-refractivity contribution >= 4 is 8.07 Å². The molecule has 0 radical (unpaired) electrons. The average Bonchev–Trinajstić information content (AvgIpc) is 2.01. The zero-order valence-electron chi connectivity index (χ0n) is 11.9. The van der Waals surface area contributed by atoms with Gasteiger partial charge in [0.05, 0.1) is 8.07 Å². The van der Waals surface area contributed by atoms with E-state index in [1.807, 2.05) is 0 Å². The summed E-state index contributed by atoms with van der Waals surface area (Å²) in [5.74, 6) is 1.82. The first-order chi connectivity index (χ1) is 6.95. The topological polar surface area (TPSA) is 0 Å². The van der Waals surface area contributed by atoms with Crippen LogP contribution < -0.4 is 0 Å². The van der Waals surface area contributed by atoms with Crippen LogP contribution in [-0.4, -0.2) is 8.07 Å². The minimum Gasteiger partial charge on any atom is -0.0657 e. The lowest BCUT2D eigenvalue weighted by molar-refractivity contribution is 0.663. The molecule has 0 aromatic rings. The van der Waals surface area contributed by atoms with Crippen LogP contribution in [0.4, 0.5) is 0 Å². The fourth-order valence-corrected chi connectivity index (χ4v) is 10.2. The second kappa shape index (κ2) is 7.48. The van der Waals surface area contributed by atoms with Gasteiger partial charge in [-0.1, -0.05) is 78.6 Å². The van der Waals surface area contributed by atoms with Crippen molar-refractivity contribution in [2.75, 3.05) is 0 Å². The van der Waals surface area contributed by atoms with E-state index in [-0.39, 0.29) is 0 Å². The molecule has 0 fully saturated rings. The zero-order valence-corrected chi connectivity index (χ0v) is 12.9. The van der Waals surface area contributed by atoms with Crippen molar-refractivity contribution in [3.05, 3.63) is 0 Å². The van der Waals surface area contributed by atoms with Gasteiger partial charge >= 0.3 is 0 Å². The molecule has 0 saturated heterocycles. The van der Waals surface area contributed by atoms with E-state index in [2.05, 4.69) is 41.5 Å². The Morgan fingerprint density at radius 3 is 1.27 bits per heavy atom. The molecule has 1 heteroatoms. The van der Waals surface area contributed by atoms with E-state index < -0.39 is 8.07 Å². The van der Waals surface area contributed by atoms with Crippen LogP contribution in [0, 0.1) is 11.8 Å². The predicted molar refractivity (Wildman–Crippen MR) is 75.2 cm³/mol. The lowest BCUT2D eigenvalue weighted by Gasteiger charge is -2.35. The standard InChI is InChI=1S/C14H32Si/c1-7-9-15(10-8-2,11-13(3)4)12-14(5)6/h13-14H,7-12H2,1-6H3. The monoisotopic (exact) mass is 228 g/mol. The Morgan fingerprint density at radius 2 is 1.07 bits per heavy atom. The molecule has 92 valence electrons. The normalized spacial score (nSPS) is 12.8. The van der Waals surface area contributed by atoms with Gasteiger partial charge in [-0.2, -0.15) is 0 Å². The summed E-state index contributed by atoms with van der Waals surface area (Å²) in [4.78, 5) is 0. The molecule has 0 heterocycles. The molecule has 0 unspecified atom stereocenters. The van der Waals surface area contributed by atoms with Crippen molar-refractivity contribution in [2.24, 2.45) is 11.8 Å². The fourth-order valence-electron chi connectivity index (χ4n) is 3.41. The minimum atomic E-state index is -0.922. The third-order valence-electron chi connectivity index (χ3n) is 3.24. The SMILES string of the molecule is CCC[Si](CCC)(CC(C)C)CC(C)C. The highest BCUT2D eigenvalue weighted by Gasteiger charge is 2.32. The Morgan fingerprint density at radius 1 is 0.733 bits per heavy atom. The zero-order chi connectivity index (χ0) is 11.9. The van der Waals surface area contributed by atoms with Crippen LogP contribution >= 0.6 is 0 Å². The third-order valence-corrected chi connectivity index (χ3v) is 9.73. The quantitative estimate of drug-likeness (QED) is 0.477. The van der Waals surface area contributed by atoms with E-state index in [9.17, 15) is 0 Å². The Hall–Kier alpha value is 0.217. The van der Waals surface area contributed by atoms with Gasteiger partial charge in [-0.25, -0.2) is 0 Å². The molecule has 0 aromatic heterocycles. The molecule has 0 atom stereocenters. The van der Waals surface area contributed by atoms with Gasteiger partial charge in [-0.05, 0) is 11.8 Å². The summed E-state index contributed by atoms with van der Waals surface area (Å²) < 4.78 is 0. The Bertz CT molecular complexity index is 131. The van der Waals surface area contributed by atoms with Crippen LogP contribution in [0.15, 0.2) is 0 Å². The van der Waals surface area contributed by atoms with Gasteiger partial charge in [0.25, 0.3) is 0 Å². The average molecular weight is 228 g/mol. The summed E-state index contributed by atoms with van der Waals surface area (Å²) in [7, 11) is -0.922. The van der Waals surface area contributed by atoms with Crippen LogP contribution in [0.1, 0.15) is 54.4 Å². The highest BCUT2D eigenvalue weighted by molar-refractivity contribution is 6.80.